The molecule has 0 radical (unpaired) electrons. The summed E-state index contributed by atoms with van der Waals surface area (Å²) in [5, 5.41) is 2.96. The van der Waals surface area contributed by atoms with Crippen molar-refractivity contribution < 1.29 is 13.6 Å². The van der Waals surface area contributed by atoms with E-state index in [4.69, 9.17) is 18.0 Å². The fourth-order valence-corrected chi connectivity index (χ4v) is 3.36. The molecular formula is C13H20F2N2OS. The van der Waals surface area contributed by atoms with Gasteiger partial charge in [0.1, 0.15) is 0 Å². The highest BCUT2D eigenvalue weighted by atomic mass is 32.1. The molecule has 3 N–H and O–H groups in total. The first-order valence-corrected chi connectivity index (χ1v) is 7.27. The second-order valence-corrected chi connectivity index (χ2v) is 6.16. The number of amides is 1. The van der Waals surface area contributed by atoms with Crippen LogP contribution in [0.5, 0.6) is 0 Å². The molecule has 0 aliphatic heterocycles. The number of nitrogens with one attached hydrogen (secondary N) is 1. The van der Waals surface area contributed by atoms with Gasteiger partial charge in [0.05, 0.1) is 4.99 Å². The standard InChI is InChI=1S/C13H20F2N2OS/c14-13(15)6-4-8(5-7-13)12(18)17-10-3-1-2-9(10)11(16)19/h8-10H,1-7H2,(H2,16,19)(H,17,18). The fourth-order valence-electron chi connectivity index (χ4n) is 3.08. The molecule has 2 aliphatic rings. The van der Waals surface area contributed by atoms with Crippen LogP contribution in [0.4, 0.5) is 8.78 Å². The number of thiocarbonyl (C=S) groups is 1. The monoisotopic (exact) mass is 290 g/mol. The van der Waals surface area contributed by atoms with Crippen molar-refractivity contribution in [1.29, 1.82) is 0 Å². The Morgan fingerprint density at radius 3 is 2.42 bits per heavy atom. The van der Waals surface area contributed by atoms with Crippen LogP contribution in [0.15, 0.2) is 0 Å². The summed E-state index contributed by atoms with van der Waals surface area (Å²) in [6, 6.07) is -0.00700. The summed E-state index contributed by atoms with van der Waals surface area (Å²) in [6.45, 7) is 0. The third-order valence-electron chi connectivity index (χ3n) is 4.30. The van der Waals surface area contributed by atoms with E-state index in [0.29, 0.717) is 4.99 Å². The van der Waals surface area contributed by atoms with Gasteiger partial charge < -0.3 is 11.1 Å². The number of hydrogen-bond acceptors (Lipinski definition) is 2. The van der Waals surface area contributed by atoms with Crippen molar-refractivity contribution in [3.63, 3.8) is 0 Å². The van der Waals surface area contributed by atoms with E-state index in [9.17, 15) is 13.6 Å². The van der Waals surface area contributed by atoms with Crippen LogP contribution in [0.1, 0.15) is 44.9 Å². The molecule has 2 saturated carbocycles. The number of carbonyl (C=O) groups is 1. The number of alkyl halides is 2. The third-order valence-corrected chi connectivity index (χ3v) is 4.60. The lowest BCUT2D eigenvalue weighted by atomic mass is 9.86. The fraction of sp³-hybridized carbons (Fsp3) is 0.846. The van der Waals surface area contributed by atoms with Crippen molar-refractivity contribution in [1.82, 2.24) is 5.32 Å². The molecule has 0 aromatic heterocycles. The highest BCUT2D eigenvalue weighted by molar-refractivity contribution is 7.80. The van der Waals surface area contributed by atoms with Gasteiger partial charge in [0.2, 0.25) is 11.8 Å². The Bertz CT molecular complexity index is 366. The maximum Gasteiger partial charge on any atom is 0.248 e. The van der Waals surface area contributed by atoms with Gasteiger partial charge in [-0.2, -0.15) is 0 Å². The van der Waals surface area contributed by atoms with Crippen LogP contribution in [0, 0.1) is 11.8 Å². The molecule has 0 spiro atoms. The molecule has 2 rings (SSSR count). The summed E-state index contributed by atoms with van der Waals surface area (Å²) in [6.07, 6.45) is 2.94. The zero-order chi connectivity index (χ0) is 14.0. The number of carbonyl (C=O) groups excluding carboxylic acids is 1. The molecule has 6 heteroatoms. The Hall–Kier alpha value is -0.780. The van der Waals surface area contributed by atoms with E-state index in [1.165, 1.54) is 0 Å². The second kappa shape index (κ2) is 5.69. The van der Waals surface area contributed by atoms with Crippen molar-refractivity contribution in [2.75, 3.05) is 0 Å². The first-order valence-electron chi connectivity index (χ1n) is 6.86. The van der Waals surface area contributed by atoms with Crippen LogP contribution in [0.25, 0.3) is 0 Å². The van der Waals surface area contributed by atoms with E-state index in [1.54, 1.807) is 0 Å². The maximum absolute atomic E-state index is 13.0. The Balaban J connectivity index is 1.86. The van der Waals surface area contributed by atoms with Crippen LogP contribution in [-0.2, 0) is 4.79 Å². The van der Waals surface area contributed by atoms with E-state index in [2.05, 4.69) is 5.32 Å². The minimum Gasteiger partial charge on any atom is -0.393 e. The average Bonchev–Trinajstić information content (AvgIpc) is 2.77. The number of rotatable bonds is 3. The van der Waals surface area contributed by atoms with Crippen molar-refractivity contribution in [3.8, 4) is 0 Å². The lowest BCUT2D eigenvalue weighted by Gasteiger charge is -2.29. The van der Waals surface area contributed by atoms with Gasteiger partial charge in [-0.05, 0) is 25.7 Å². The van der Waals surface area contributed by atoms with E-state index in [0.717, 1.165) is 19.3 Å². The van der Waals surface area contributed by atoms with E-state index in [1.807, 2.05) is 0 Å². The largest absolute Gasteiger partial charge is 0.393 e. The van der Waals surface area contributed by atoms with Gasteiger partial charge in [-0.3, -0.25) is 4.79 Å². The zero-order valence-corrected chi connectivity index (χ0v) is 11.6. The molecule has 2 atom stereocenters. The van der Waals surface area contributed by atoms with Crippen molar-refractivity contribution in [2.24, 2.45) is 17.6 Å². The van der Waals surface area contributed by atoms with E-state index >= 15 is 0 Å². The van der Waals surface area contributed by atoms with Crippen LogP contribution in [0.3, 0.4) is 0 Å². The van der Waals surface area contributed by atoms with Gasteiger partial charge >= 0.3 is 0 Å². The Kier molecular flexibility index (Phi) is 4.38. The van der Waals surface area contributed by atoms with Gasteiger partial charge in [-0.1, -0.05) is 18.6 Å². The number of halogens is 2. The summed E-state index contributed by atoms with van der Waals surface area (Å²) in [5.74, 6) is -2.93. The van der Waals surface area contributed by atoms with Crippen LogP contribution >= 0.6 is 12.2 Å². The molecule has 0 aromatic rings. The van der Waals surface area contributed by atoms with Crippen LogP contribution in [0.2, 0.25) is 0 Å². The smallest absolute Gasteiger partial charge is 0.248 e. The maximum atomic E-state index is 13.0. The predicted molar refractivity (Wildman–Crippen MR) is 73.0 cm³/mol. The van der Waals surface area contributed by atoms with E-state index in [-0.39, 0.29) is 49.5 Å². The summed E-state index contributed by atoms with van der Waals surface area (Å²) in [7, 11) is 0. The summed E-state index contributed by atoms with van der Waals surface area (Å²) in [4.78, 5) is 12.5. The normalized spacial score (nSPS) is 31.1. The van der Waals surface area contributed by atoms with Crippen molar-refractivity contribution >= 4 is 23.1 Å². The summed E-state index contributed by atoms with van der Waals surface area (Å²) >= 11 is 5.00. The van der Waals surface area contributed by atoms with Gasteiger partial charge in [-0.15, -0.1) is 0 Å². The number of hydrogen-bond donors (Lipinski definition) is 2. The molecule has 108 valence electrons. The quantitative estimate of drug-likeness (QED) is 0.785. The summed E-state index contributed by atoms with van der Waals surface area (Å²) in [5.41, 5.74) is 5.66. The molecule has 19 heavy (non-hydrogen) atoms. The highest BCUT2D eigenvalue weighted by Crippen LogP contribution is 2.36. The molecule has 2 unspecified atom stereocenters. The molecule has 2 aliphatic carbocycles. The molecule has 1 amide bonds. The second-order valence-electron chi connectivity index (χ2n) is 5.69. The zero-order valence-electron chi connectivity index (χ0n) is 10.8. The van der Waals surface area contributed by atoms with E-state index < -0.39 is 5.92 Å². The SMILES string of the molecule is NC(=S)C1CCCC1NC(=O)C1CCC(F)(F)CC1. The van der Waals surface area contributed by atoms with Gasteiger partial charge in [-0.25, -0.2) is 8.78 Å². The van der Waals surface area contributed by atoms with Crippen LogP contribution < -0.4 is 11.1 Å². The first kappa shape index (κ1) is 14.6. The predicted octanol–water partition coefficient (Wildman–Crippen LogP) is 2.38. The van der Waals surface area contributed by atoms with Gasteiger partial charge in [0.15, 0.2) is 0 Å². The topological polar surface area (TPSA) is 55.1 Å². The molecule has 0 aromatic carbocycles. The number of nitrogens with two attached hydrogens (primary N) is 1. The lowest BCUT2D eigenvalue weighted by Crippen LogP contribution is -2.45. The van der Waals surface area contributed by atoms with Crippen molar-refractivity contribution in [2.45, 2.75) is 56.9 Å². The van der Waals surface area contributed by atoms with Crippen LogP contribution in [-0.4, -0.2) is 22.9 Å². The third kappa shape index (κ3) is 3.61. The highest BCUT2D eigenvalue weighted by Gasteiger charge is 2.39. The van der Waals surface area contributed by atoms with Crippen molar-refractivity contribution in [3.05, 3.63) is 0 Å². The average molecular weight is 290 g/mol. The molecular weight excluding hydrogens is 270 g/mol. The Labute approximate surface area is 117 Å². The Morgan fingerprint density at radius 2 is 1.84 bits per heavy atom. The Morgan fingerprint density at radius 1 is 1.21 bits per heavy atom. The summed E-state index contributed by atoms with van der Waals surface area (Å²) < 4.78 is 26.1. The van der Waals surface area contributed by atoms with Gasteiger partial charge in [0, 0.05) is 30.7 Å². The first-order chi connectivity index (χ1) is 8.89. The minimum absolute atomic E-state index is 0.00700. The lowest BCUT2D eigenvalue weighted by molar-refractivity contribution is -0.129. The molecule has 3 nitrogen and oxygen atoms in total. The molecule has 0 bridgehead atoms. The molecule has 2 fully saturated rings. The minimum atomic E-state index is -2.59. The van der Waals surface area contributed by atoms with Gasteiger partial charge in [0.25, 0.3) is 0 Å². The molecule has 0 heterocycles. The molecule has 0 saturated heterocycles.